The molecule has 0 aliphatic heterocycles. The summed E-state index contributed by atoms with van der Waals surface area (Å²) in [7, 11) is -4.84. The van der Waals surface area contributed by atoms with Crippen LogP contribution in [0.25, 0.3) is 0 Å². The fourth-order valence-electron chi connectivity index (χ4n) is 3.08. The van der Waals surface area contributed by atoms with Gasteiger partial charge in [-0.1, -0.05) is 84.3 Å². The molecule has 0 aromatic rings. The SMILES string of the molecule is C/C(=C\COP(=O)([O-])[O-])CCC[C@H](C)CCC[C@H](C)CCCC(C)C. The largest absolute Gasteiger partial charge is 0.790 e. The fourth-order valence-corrected chi connectivity index (χ4v) is 3.34. The molecule has 0 bridgehead atoms. The molecule has 25 heavy (non-hydrogen) atoms. The minimum Gasteiger partial charge on any atom is -0.790 e. The Hall–Kier alpha value is -0.150. The van der Waals surface area contributed by atoms with Crippen molar-refractivity contribution in [3.63, 3.8) is 0 Å². The van der Waals surface area contributed by atoms with Crippen LogP contribution in [0.3, 0.4) is 0 Å². The lowest BCUT2D eigenvalue weighted by molar-refractivity contribution is -0.340. The Balaban J connectivity index is 3.68. The Bertz CT molecular complexity index is 401. The molecular formula is C20H39O4P-2. The third-order valence-corrected chi connectivity index (χ3v) is 5.27. The van der Waals surface area contributed by atoms with Gasteiger partial charge in [0.15, 0.2) is 0 Å². The average molecular weight is 375 g/mol. The molecule has 0 rings (SSSR count). The monoisotopic (exact) mass is 374 g/mol. The van der Waals surface area contributed by atoms with Gasteiger partial charge in [-0.25, -0.2) is 0 Å². The molecule has 0 aromatic heterocycles. The van der Waals surface area contributed by atoms with Crippen LogP contribution in [-0.4, -0.2) is 6.61 Å². The average Bonchev–Trinajstić information content (AvgIpc) is 2.45. The van der Waals surface area contributed by atoms with Crippen LogP contribution in [0.4, 0.5) is 0 Å². The molecular weight excluding hydrogens is 335 g/mol. The molecule has 2 atom stereocenters. The summed E-state index contributed by atoms with van der Waals surface area (Å²) in [6.45, 7) is 11.1. The van der Waals surface area contributed by atoms with Gasteiger partial charge >= 0.3 is 0 Å². The van der Waals surface area contributed by atoms with E-state index in [4.69, 9.17) is 0 Å². The Morgan fingerprint density at radius 3 is 1.88 bits per heavy atom. The molecule has 0 fully saturated rings. The second-order valence-electron chi connectivity index (χ2n) is 8.15. The molecule has 0 spiro atoms. The van der Waals surface area contributed by atoms with Crippen LogP contribution in [-0.2, 0) is 9.09 Å². The molecule has 0 aromatic carbocycles. The summed E-state index contributed by atoms with van der Waals surface area (Å²) in [6.07, 6.45) is 12.9. The Labute approximate surface area is 155 Å². The lowest BCUT2D eigenvalue weighted by Crippen LogP contribution is -2.16. The third-order valence-electron chi connectivity index (χ3n) is 4.80. The van der Waals surface area contributed by atoms with E-state index in [-0.39, 0.29) is 6.61 Å². The summed E-state index contributed by atoms with van der Waals surface area (Å²) in [5, 5.41) is 0. The van der Waals surface area contributed by atoms with Gasteiger partial charge in [0.25, 0.3) is 0 Å². The second kappa shape index (κ2) is 14.0. The van der Waals surface area contributed by atoms with Crippen molar-refractivity contribution < 1.29 is 18.9 Å². The van der Waals surface area contributed by atoms with E-state index in [2.05, 4.69) is 32.2 Å². The van der Waals surface area contributed by atoms with Crippen molar-refractivity contribution in [3.8, 4) is 0 Å². The molecule has 5 heteroatoms. The zero-order valence-electron chi connectivity index (χ0n) is 17.0. The Morgan fingerprint density at radius 1 is 0.920 bits per heavy atom. The Kier molecular flexibility index (Phi) is 13.9. The van der Waals surface area contributed by atoms with E-state index in [1.807, 2.05) is 6.92 Å². The molecule has 4 nitrogen and oxygen atoms in total. The normalized spacial score (nSPS) is 15.6. The summed E-state index contributed by atoms with van der Waals surface area (Å²) >= 11 is 0. The first-order valence-electron chi connectivity index (χ1n) is 9.92. The molecule has 150 valence electrons. The quantitative estimate of drug-likeness (QED) is 0.291. The summed E-state index contributed by atoms with van der Waals surface area (Å²) in [5.41, 5.74) is 1.08. The zero-order valence-corrected chi connectivity index (χ0v) is 17.9. The van der Waals surface area contributed by atoms with E-state index >= 15 is 0 Å². The molecule has 0 N–H and O–H groups in total. The van der Waals surface area contributed by atoms with E-state index in [1.54, 1.807) is 6.08 Å². The van der Waals surface area contributed by atoms with E-state index in [0.29, 0.717) is 0 Å². The van der Waals surface area contributed by atoms with Crippen LogP contribution in [0.2, 0.25) is 0 Å². The van der Waals surface area contributed by atoms with Gasteiger partial charge in [-0.15, -0.1) is 0 Å². The molecule has 0 heterocycles. The van der Waals surface area contributed by atoms with Gasteiger partial charge in [0, 0.05) is 0 Å². The molecule has 0 amide bonds. The highest BCUT2D eigenvalue weighted by Crippen LogP contribution is 2.25. The van der Waals surface area contributed by atoms with Crippen LogP contribution in [0.15, 0.2) is 11.6 Å². The van der Waals surface area contributed by atoms with Crippen LogP contribution in [0, 0.1) is 17.8 Å². The van der Waals surface area contributed by atoms with Crippen molar-refractivity contribution in [1.29, 1.82) is 0 Å². The van der Waals surface area contributed by atoms with Crippen molar-refractivity contribution in [2.45, 2.75) is 92.4 Å². The van der Waals surface area contributed by atoms with E-state index in [9.17, 15) is 14.4 Å². The molecule has 0 radical (unpaired) electrons. The highest BCUT2D eigenvalue weighted by Gasteiger charge is 2.06. The van der Waals surface area contributed by atoms with Gasteiger partial charge in [-0.2, -0.15) is 0 Å². The molecule has 0 saturated heterocycles. The second-order valence-corrected chi connectivity index (χ2v) is 9.30. The highest BCUT2D eigenvalue weighted by molar-refractivity contribution is 7.43. The van der Waals surface area contributed by atoms with Crippen LogP contribution < -0.4 is 9.79 Å². The number of phosphoric ester groups is 1. The number of hydrogen-bond donors (Lipinski definition) is 0. The maximum atomic E-state index is 10.4. The minimum absolute atomic E-state index is 0.139. The third kappa shape index (κ3) is 18.4. The van der Waals surface area contributed by atoms with Gasteiger partial charge in [-0.05, 0) is 37.5 Å². The lowest BCUT2D eigenvalue weighted by Gasteiger charge is -2.27. The van der Waals surface area contributed by atoms with Crippen molar-refractivity contribution in [2.24, 2.45) is 17.8 Å². The maximum Gasteiger partial charge on any atom is 0.0702 e. The summed E-state index contributed by atoms with van der Waals surface area (Å²) in [6, 6.07) is 0. The van der Waals surface area contributed by atoms with E-state index in [0.717, 1.165) is 36.2 Å². The molecule has 0 saturated carbocycles. The van der Waals surface area contributed by atoms with Gasteiger partial charge < -0.3 is 18.9 Å². The summed E-state index contributed by atoms with van der Waals surface area (Å²) in [4.78, 5) is 20.7. The first-order chi connectivity index (χ1) is 11.6. The summed E-state index contributed by atoms with van der Waals surface area (Å²) in [5.74, 6) is 2.39. The van der Waals surface area contributed by atoms with Crippen LogP contribution in [0.1, 0.15) is 92.4 Å². The van der Waals surface area contributed by atoms with Crippen molar-refractivity contribution in [1.82, 2.24) is 0 Å². The smallest absolute Gasteiger partial charge is 0.0702 e. The van der Waals surface area contributed by atoms with Gasteiger partial charge in [-0.3, -0.25) is 0 Å². The first kappa shape index (κ1) is 24.8. The van der Waals surface area contributed by atoms with Crippen molar-refractivity contribution in [2.75, 3.05) is 6.61 Å². The fraction of sp³-hybridized carbons (Fsp3) is 0.900. The number of hydrogen-bond acceptors (Lipinski definition) is 4. The standard InChI is InChI=1S/C20H41O4P/c1-17(2)9-6-10-18(3)11-7-12-19(4)13-8-14-20(5)15-16-24-25(21,22)23/h15,17-19H,6-14,16H2,1-5H3,(H2,21,22,23)/p-2/b20-15+/t18-,19-/m1/s1. The lowest BCUT2D eigenvalue weighted by atomic mass is 9.91. The summed E-state index contributed by atoms with van der Waals surface area (Å²) < 4.78 is 14.6. The van der Waals surface area contributed by atoms with E-state index in [1.165, 1.54) is 44.9 Å². The molecule has 0 aliphatic carbocycles. The maximum absolute atomic E-state index is 10.4. The first-order valence-corrected chi connectivity index (χ1v) is 11.4. The van der Waals surface area contributed by atoms with Gasteiger partial charge in [0.05, 0.1) is 14.4 Å². The highest BCUT2D eigenvalue weighted by atomic mass is 31.2. The topological polar surface area (TPSA) is 72.4 Å². The minimum atomic E-state index is -4.84. The predicted octanol–water partition coefficient (Wildman–Crippen LogP) is 5.22. The van der Waals surface area contributed by atoms with Crippen molar-refractivity contribution in [3.05, 3.63) is 11.6 Å². The van der Waals surface area contributed by atoms with Crippen LogP contribution >= 0.6 is 7.82 Å². The van der Waals surface area contributed by atoms with Gasteiger partial charge in [0.1, 0.15) is 0 Å². The van der Waals surface area contributed by atoms with Crippen molar-refractivity contribution >= 4 is 7.82 Å². The van der Waals surface area contributed by atoms with Gasteiger partial charge in [0.2, 0.25) is 0 Å². The molecule has 0 unspecified atom stereocenters. The zero-order chi connectivity index (χ0) is 19.3. The van der Waals surface area contributed by atoms with Crippen LogP contribution in [0.5, 0.6) is 0 Å². The van der Waals surface area contributed by atoms with E-state index < -0.39 is 7.82 Å². The molecule has 0 aliphatic rings. The number of phosphoric acid groups is 1. The predicted molar refractivity (Wildman–Crippen MR) is 102 cm³/mol. The Morgan fingerprint density at radius 2 is 1.40 bits per heavy atom. The number of allylic oxidation sites excluding steroid dienone is 1. The number of rotatable bonds is 15.